The number of hydrogen-bond acceptors (Lipinski definition) is 2. The second-order valence-electron chi connectivity index (χ2n) is 5.93. The minimum atomic E-state index is -0.168. The van der Waals surface area contributed by atoms with Crippen LogP contribution in [0.4, 0.5) is 5.69 Å². The topological polar surface area (TPSA) is 38.3 Å². The predicted molar refractivity (Wildman–Crippen MR) is 98.3 cm³/mol. The number of anilines is 1. The van der Waals surface area contributed by atoms with Crippen molar-refractivity contribution >= 4 is 27.5 Å². The number of amides is 1. The van der Waals surface area contributed by atoms with E-state index in [0.717, 1.165) is 21.3 Å². The van der Waals surface area contributed by atoms with Crippen LogP contribution in [0.5, 0.6) is 5.75 Å². The molecule has 1 amide bonds. The average Bonchev–Trinajstić information content (AvgIpc) is 2.50. The van der Waals surface area contributed by atoms with Crippen LogP contribution in [0.1, 0.15) is 36.5 Å². The summed E-state index contributed by atoms with van der Waals surface area (Å²) in [5, 5.41) is 2.89. The Balaban J connectivity index is 1.98. The summed E-state index contributed by atoms with van der Waals surface area (Å²) in [6, 6.07) is 11.8. The molecular weight excluding hydrogens is 354 g/mol. The lowest BCUT2D eigenvalue weighted by Gasteiger charge is -2.13. The molecule has 4 heteroatoms. The van der Waals surface area contributed by atoms with Crippen molar-refractivity contribution in [2.45, 2.75) is 33.6 Å². The molecule has 0 saturated carbocycles. The number of aryl methyl sites for hydroxylation is 1. The average molecular weight is 376 g/mol. The first-order chi connectivity index (χ1) is 10.9. The summed E-state index contributed by atoms with van der Waals surface area (Å²) in [4.78, 5) is 12.1. The number of carbonyl (C=O) groups is 1. The first-order valence-electron chi connectivity index (χ1n) is 7.66. The molecule has 2 rings (SSSR count). The number of hydrogen-bond donors (Lipinski definition) is 1. The minimum Gasteiger partial charge on any atom is -0.483 e. The maximum absolute atomic E-state index is 12.1. The maximum Gasteiger partial charge on any atom is 0.262 e. The molecule has 3 nitrogen and oxygen atoms in total. The largest absolute Gasteiger partial charge is 0.483 e. The Morgan fingerprint density at radius 3 is 2.61 bits per heavy atom. The fourth-order valence-corrected chi connectivity index (χ4v) is 2.72. The van der Waals surface area contributed by atoms with Crippen molar-refractivity contribution in [2.24, 2.45) is 0 Å². The van der Waals surface area contributed by atoms with Gasteiger partial charge in [-0.15, -0.1) is 0 Å². The van der Waals surface area contributed by atoms with Crippen LogP contribution in [0.15, 0.2) is 40.9 Å². The predicted octanol–water partition coefficient (Wildman–Crippen LogP) is 5.21. The number of benzene rings is 2. The van der Waals surface area contributed by atoms with Gasteiger partial charge in [-0.3, -0.25) is 4.79 Å². The first-order valence-corrected chi connectivity index (χ1v) is 8.46. The number of halogens is 1. The van der Waals surface area contributed by atoms with Crippen LogP contribution in [-0.4, -0.2) is 12.5 Å². The minimum absolute atomic E-state index is 0.0208. The lowest BCUT2D eigenvalue weighted by Crippen LogP contribution is -2.21. The van der Waals surface area contributed by atoms with Crippen molar-refractivity contribution in [1.82, 2.24) is 0 Å². The number of nitrogens with one attached hydrogen (secondary N) is 1. The molecule has 0 aliphatic rings. The molecule has 1 N–H and O–H groups in total. The number of rotatable bonds is 5. The van der Waals surface area contributed by atoms with E-state index >= 15 is 0 Å². The summed E-state index contributed by atoms with van der Waals surface area (Å²) in [6.07, 6.45) is 0. The van der Waals surface area contributed by atoms with Crippen LogP contribution < -0.4 is 10.1 Å². The molecule has 0 radical (unpaired) electrons. The summed E-state index contributed by atoms with van der Waals surface area (Å²) in [5.41, 5.74) is 4.27. The first kappa shape index (κ1) is 17.5. The molecule has 0 aliphatic carbocycles. The Bertz CT molecular complexity index is 711. The van der Waals surface area contributed by atoms with Gasteiger partial charge in [-0.25, -0.2) is 0 Å². The van der Waals surface area contributed by atoms with E-state index in [0.29, 0.717) is 11.7 Å². The van der Waals surface area contributed by atoms with E-state index in [2.05, 4.69) is 35.1 Å². The van der Waals surface area contributed by atoms with Crippen LogP contribution in [-0.2, 0) is 4.79 Å². The van der Waals surface area contributed by atoms with Crippen molar-refractivity contribution in [2.75, 3.05) is 11.9 Å². The van der Waals surface area contributed by atoms with Crippen LogP contribution in [0.2, 0.25) is 0 Å². The molecule has 2 aromatic rings. The molecule has 23 heavy (non-hydrogen) atoms. The van der Waals surface area contributed by atoms with E-state index in [9.17, 15) is 4.79 Å². The van der Waals surface area contributed by atoms with Crippen molar-refractivity contribution < 1.29 is 9.53 Å². The Morgan fingerprint density at radius 2 is 1.96 bits per heavy atom. The van der Waals surface area contributed by atoms with Gasteiger partial charge >= 0.3 is 0 Å². The van der Waals surface area contributed by atoms with Crippen molar-refractivity contribution in [3.8, 4) is 5.75 Å². The molecule has 122 valence electrons. The number of carbonyl (C=O) groups excluding carboxylic acids is 1. The van der Waals surface area contributed by atoms with Gasteiger partial charge in [-0.1, -0.05) is 32.0 Å². The SMILES string of the molecule is Cc1cccc(NC(=O)COc2ccc(C(C)C)cc2Br)c1C. The molecule has 0 unspecified atom stereocenters. The molecule has 0 bridgehead atoms. The summed E-state index contributed by atoms with van der Waals surface area (Å²) in [6.45, 7) is 8.27. The van der Waals surface area contributed by atoms with Crippen LogP contribution in [0.25, 0.3) is 0 Å². The lowest BCUT2D eigenvalue weighted by atomic mass is 10.0. The fraction of sp³-hybridized carbons (Fsp3) is 0.316. The van der Waals surface area contributed by atoms with Gasteiger partial charge in [0, 0.05) is 5.69 Å². The van der Waals surface area contributed by atoms with Gasteiger partial charge in [-0.2, -0.15) is 0 Å². The molecule has 0 aliphatic heterocycles. The monoisotopic (exact) mass is 375 g/mol. The highest BCUT2D eigenvalue weighted by Crippen LogP contribution is 2.29. The van der Waals surface area contributed by atoms with Crippen LogP contribution in [0.3, 0.4) is 0 Å². The van der Waals surface area contributed by atoms with E-state index in [1.807, 2.05) is 50.2 Å². The van der Waals surface area contributed by atoms with Gasteiger partial charge in [0.1, 0.15) is 5.75 Å². The smallest absolute Gasteiger partial charge is 0.262 e. The Hall–Kier alpha value is -1.81. The van der Waals surface area contributed by atoms with Gasteiger partial charge in [-0.05, 0) is 70.6 Å². The summed E-state index contributed by atoms with van der Waals surface area (Å²) in [5.74, 6) is 0.956. The third-order valence-corrected chi connectivity index (χ3v) is 4.48. The van der Waals surface area contributed by atoms with Crippen molar-refractivity contribution in [3.05, 3.63) is 57.6 Å². The second kappa shape index (κ2) is 7.64. The lowest BCUT2D eigenvalue weighted by molar-refractivity contribution is -0.118. The summed E-state index contributed by atoms with van der Waals surface area (Å²) in [7, 11) is 0. The standard InChI is InChI=1S/C19H22BrNO2/c1-12(2)15-8-9-18(16(20)10-15)23-11-19(22)21-17-7-5-6-13(3)14(17)4/h5-10,12H,11H2,1-4H3,(H,21,22). The van der Waals surface area contributed by atoms with E-state index in [1.54, 1.807) is 0 Å². The molecule has 2 aromatic carbocycles. The third-order valence-electron chi connectivity index (χ3n) is 3.86. The van der Waals surface area contributed by atoms with E-state index in [4.69, 9.17) is 4.74 Å². The van der Waals surface area contributed by atoms with Gasteiger partial charge in [0.2, 0.25) is 0 Å². The normalized spacial score (nSPS) is 10.7. The summed E-state index contributed by atoms with van der Waals surface area (Å²) < 4.78 is 6.48. The quantitative estimate of drug-likeness (QED) is 0.778. The van der Waals surface area contributed by atoms with Crippen molar-refractivity contribution in [1.29, 1.82) is 0 Å². The van der Waals surface area contributed by atoms with Gasteiger partial charge in [0.05, 0.1) is 4.47 Å². The molecular formula is C19H22BrNO2. The fourth-order valence-electron chi connectivity index (χ4n) is 2.21. The molecule has 0 heterocycles. The Labute approximate surface area is 146 Å². The Morgan fingerprint density at radius 1 is 1.22 bits per heavy atom. The van der Waals surface area contributed by atoms with Gasteiger partial charge in [0.25, 0.3) is 5.91 Å². The van der Waals surface area contributed by atoms with Gasteiger partial charge < -0.3 is 10.1 Å². The molecule has 0 saturated heterocycles. The van der Waals surface area contributed by atoms with E-state index < -0.39 is 0 Å². The van der Waals surface area contributed by atoms with Crippen LogP contribution >= 0.6 is 15.9 Å². The highest BCUT2D eigenvalue weighted by molar-refractivity contribution is 9.10. The Kier molecular flexibility index (Phi) is 5.83. The maximum atomic E-state index is 12.1. The number of ether oxygens (including phenoxy) is 1. The highest BCUT2D eigenvalue weighted by Gasteiger charge is 2.09. The molecule has 0 fully saturated rings. The zero-order chi connectivity index (χ0) is 17.0. The second-order valence-corrected chi connectivity index (χ2v) is 6.78. The molecule has 0 atom stereocenters. The van der Waals surface area contributed by atoms with Crippen LogP contribution in [0, 0.1) is 13.8 Å². The van der Waals surface area contributed by atoms with E-state index in [1.165, 1.54) is 5.56 Å². The third kappa shape index (κ3) is 4.58. The van der Waals surface area contributed by atoms with Gasteiger partial charge in [0.15, 0.2) is 6.61 Å². The van der Waals surface area contributed by atoms with E-state index in [-0.39, 0.29) is 12.5 Å². The molecule has 0 aromatic heterocycles. The zero-order valence-corrected chi connectivity index (χ0v) is 15.5. The highest BCUT2D eigenvalue weighted by atomic mass is 79.9. The van der Waals surface area contributed by atoms with Crippen molar-refractivity contribution in [3.63, 3.8) is 0 Å². The summed E-state index contributed by atoms with van der Waals surface area (Å²) >= 11 is 3.50. The zero-order valence-electron chi connectivity index (χ0n) is 13.9. The molecule has 0 spiro atoms.